The summed E-state index contributed by atoms with van der Waals surface area (Å²) in [6.07, 6.45) is 4.04. The predicted octanol–water partition coefficient (Wildman–Crippen LogP) is 3.51. The third kappa shape index (κ3) is 2.38. The van der Waals surface area contributed by atoms with Crippen LogP contribution in [0.5, 0.6) is 0 Å². The normalized spacial score (nSPS) is 18.1. The smallest absolute Gasteiger partial charge is 0.126 e. The molecule has 1 aliphatic rings. The van der Waals surface area contributed by atoms with Crippen LogP contribution in [-0.2, 0) is 19.4 Å². The quantitative estimate of drug-likeness (QED) is 0.910. The molecule has 1 unspecified atom stereocenters. The second-order valence-corrected chi connectivity index (χ2v) is 5.68. The van der Waals surface area contributed by atoms with Crippen molar-refractivity contribution >= 4 is 0 Å². The topological polar surface area (TPSA) is 30.9 Å². The van der Waals surface area contributed by atoms with Crippen molar-refractivity contribution in [2.24, 2.45) is 5.73 Å². The van der Waals surface area contributed by atoms with Crippen LogP contribution in [0.4, 0.5) is 4.39 Å². The van der Waals surface area contributed by atoms with E-state index in [1.165, 1.54) is 23.0 Å². The molecule has 2 nitrogen and oxygen atoms in total. The number of fused-ring (bicyclic) bond motifs is 1. The molecule has 1 aliphatic carbocycles. The van der Waals surface area contributed by atoms with Crippen LogP contribution in [-0.4, -0.2) is 4.57 Å². The molecule has 1 heterocycles. The van der Waals surface area contributed by atoms with Crippen molar-refractivity contribution in [2.75, 3.05) is 0 Å². The Bertz CT molecular complexity index is 615. The zero-order valence-corrected chi connectivity index (χ0v) is 11.9. The van der Waals surface area contributed by atoms with Crippen LogP contribution in [0.1, 0.15) is 41.4 Å². The van der Waals surface area contributed by atoms with Crippen molar-refractivity contribution in [1.82, 2.24) is 4.57 Å². The molecule has 0 aliphatic heterocycles. The SMILES string of the molecule is Cc1cc2c(n1CCc1ccccc1F)CCCC2N. The van der Waals surface area contributed by atoms with Crippen molar-refractivity contribution in [3.8, 4) is 0 Å². The molecule has 20 heavy (non-hydrogen) atoms. The third-order valence-electron chi connectivity index (χ3n) is 4.34. The lowest BCUT2D eigenvalue weighted by molar-refractivity contribution is 0.531. The molecule has 1 aromatic heterocycles. The molecular weight excluding hydrogens is 251 g/mol. The minimum absolute atomic E-state index is 0.108. The maximum absolute atomic E-state index is 13.7. The molecule has 1 aromatic carbocycles. The number of aryl methyl sites for hydroxylation is 2. The summed E-state index contributed by atoms with van der Waals surface area (Å²) in [6, 6.07) is 9.41. The van der Waals surface area contributed by atoms with E-state index in [9.17, 15) is 4.39 Å². The summed E-state index contributed by atoms with van der Waals surface area (Å²) in [6.45, 7) is 2.95. The molecule has 2 N–H and O–H groups in total. The monoisotopic (exact) mass is 272 g/mol. The number of halogens is 1. The number of aromatic nitrogens is 1. The first-order valence-corrected chi connectivity index (χ1v) is 7.34. The number of hydrogen-bond donors (Lipinski definition) is 1. The van der Waals surface area contributed by atoms with Crippen molar-refractivity contribution < 1.29 is 4.39 Å². The molecule has 106 valence electrons. The van der Waals surface area contributed by atoms with Crippen LogP contribution in [0, 0.1) is 12.7 Å². The minimum Gasteiger partial charge on any atom is -0.348 e. The molecule has 3 rings (SSSR count). The van der Waals surface area contributed by atoms with Gasteiger partial charge in [0.2, 0.25) is 0 Å². The fraction of sp³-hybridized carbons (Fsp3) is 0.412. The molecular formula is C17H21FN2. The van der Waals surface area contributed by atoms with Crippen molar-refractivity contribution in [3.63, 3.8) is 0 Å². The first-order chi connectivity index (χ1) is 9.66. The molecule has 0 spiro atoms. The zero-order valence-electron chi connectivity index (χ0n) is 11.9. The van der Waals surface area contributed by atoms with Gasteiger partial charge in [-0.05, 0) is 55.9 Å². The number of nitrogens with zero attached hydrogens (tertiary/aromatic N) is 1. The largest absolute Gasteiger partial charge is 0.348 e. The van der Waals surface area contributed by atoms with E-state index in [1.807, 2.05) is 12.1 Å². The summed E-state index contributed by atoms with van der Waals surface area (Å²) in [5.41, 5.74) is 10.9. The van der Waals surface area contributed by atoms with Crippen LogP contribution in [0.3, 0.4) is 0 Å². The average molecular weight is 272 g/mol. The van der Waals surface area contributed by atoms with Gasteiger partial charge in [0.25, 0.3) is 0 Å². The minimum atomic E-state index is -0.108. The first-order valence-electron chi connectivity index (χ1n) is 7.34. The summed E-state index contributed by atoms with van der Waals surface area (Å²) >= 11 is 0. The molecule has 0 amide bonds. The maximum Gasteiger partial charge on any atom is 0.126 e. The third-order valence-corrected chi connectivity index (χ3v) is 4.34. The van der Waals surface area contributed by atoms with E-state index in [0.29, 0.717) is 0 Å². The van der Waals surface area contributed by atoms with Crippen molar-refractivity contribution in [2.45, 2.75) is 45.2 Å². The maximum atomic E-state index is 13.7. The van der Waals surface area contributed by atoms with Gasteiger partial charge in [-0.25, -0.2) is 4.39 Å². The summed E-state index contributed by atoms with van der Waals surface area (Å²) < 4.78 is 16.0. The van der Waals surface area contributed by atoms with Crippen LogP contribution >= 0.6 is 0 Å². The van der Waals surface area contributed by atoms with Crippen LogP contribution in [0.25, 0.3) is 0 Å². The van der Waals surface area contributed by atoms with E-state index < -0.39 is 0 Å². The number of benzene rings is 1. The van der Waals surface area contributed by atoms with Gasteiger partial charge >= 0.3 is 0 Å². The Morgan fingerprint density at radius 1 is 1.35 bits per heavy atom. The average Bonchev–Trinajstić information content (AvgIpc) is 2.76. The van der Waals surface area contributed by atoms with Gasteiger partial charge in [0.15, 0.2) is 0 Å². The van der Waals surface area contributed by atoms with E-state index in [1.54, 1.807) is 6.07 Å². The Balaban J connectivity index is 1.83. The molecule has 3 heteroatoms. The van der Waals surface area contributed by atoms with E-state index in [-0.39, 0.29) is 11.9 Å². The van der Waals surface area contributed by atoms with Gasteiger partial charge in [0, 0.05) is 24.0 Å². The highest BCUT2D eigenvalue weighted by Gasteiger charge is 2.21. The summed E-state index contributed by atoms with van der Waals surface area (Å²) in [5.74, 6) is -0.108. The highest BCUT2D eigenvalue weighted by molar-refractivity contribution is 5.32. The first kappa shape index (κ1) is 13.4. The van der Waals surface area contributed by atoms with Gasteiger partial charge in [0.05, 0.1) is 0 Å². The molecule has 0 radical (unpaired) electrons. The number of hydrogen-bond acceptors (Lipinski definition) is 1. The van der Waals surface area contributed by atoms with E-state index in [2.05, 4.69) is 17.6 Å². The lowest BCUT2D eigenvalue weighted by Crippen LogP contribution is -2.18. The standard InChI is InChI=1S/C17H21FN2/c1-12-11-14-16(19)7-4-8-17(14)20(12)10-9-13-5-2-3-6-15(13)18/h2-3,5-6,11,16H,4,7-10,19H2,1H3. The van der Waals surface area contributed by atoms with E-state index in [0.717, 1.165) is 37.8 Å². The summed E-state index contributed by atoms with van der Waals surface area (Å²) in [7, 11) is 0. The van der Waals surface area contributed by atoms with Gasteiger partial charge in [-0.1, -0.05) is 18.2 Å². The van der Waals surface area contributed by atoms with Crippen LogP contribution in [0.2, 0.25) is 0 Å². The lowest BCUT2D eigenvalue weighted by atomic mass is 9.93. The Labute approximate surface area is 119 Å². The molecule has 0 saturated carbocycles. The molecule has 0 saturated heterocycles. The highest BCUT2D eigenvalue weighted by Crippen LogP contribution is 2.30. The van der Waals surface area contributed by atoms with Gasteiger partial charge in [-0.3, -0.25) is 0 Å². The van der Waals surface area contributed by atoms with E-state index >= 15 is 0 Å². The second kappa shape index (κ2) is 5.41. The lowest BCUT2D eigenvalue weighted by Gasteiger charge is -2.21. The Morgan fingerprint density at radius 3 is 2.95 bits per heavy atom. The molecule has 2 aromatic rings. The van der Waals surface area contributed by atoms with Crippen molar-refractivity contribution in [3.05, 3.63) is 58.7 Å². The Hall–Kier alpha value is -1.61. The summed E-state index contributed by atoms with van der Waals surface area (Å²) in [5, 5.41) is 0. The molecule has 1 atom stereocenters. The molecule has 0 bridgehead atoms. The Kier molecular flexibility index (Phi) is 3.62. The van der Waals surface area contributed by atoms with Gasteiger partial charge in [-0.15, -0.1) is 0 Å². The van der Waals surface area contributed by atoms with Gasteiger partial charge in [-0.2, -0.15) is 0 Å². The second-order valence-electron chi connectivity index (χ2n) is 5.68. The predicted molar refractivity (Wildman–Crippen MR) is 79.1 cm³/mol. The number of rotatable bonds is 3. The Morgan fingerprint density at radius 2 is 2.15 bits per heavy atom. The zero-order chi connectivity index (χ0) is 14.1. The van der Waals surface area contributed by atoms with Crippen molar-refractivity contribution in [1.29, 1.82) is 0 Å². The summed E-state index contributed by atoms with van der Waals surface area (Å²) in [4.78, 5) is 0. The number of nitrogens with two attached hydrogens (primary N) is 1. The fourth-order valence-corrected chi connectivity index (χ4v) is 3.24. The van der Waals surface area contributed by atoms with Gasteiger partial charge < -0.3 is 10.3 Å². The molecule has 0 fully saturated rings. The van der Waals surface area contributed by atoms with Crippen LogP contribution in [0.15, 0.2) is 30.3 Å². The fourth-order valence-electron chi connectivity index (χ4n) is 3.24. The van der Waals surface area contributed by atoms with Gasteiger partial charge in [0.1, 0.15) is 5.82 Å². The highest BCUT2D eigenvalue weighted by atomic mass is 19.1. The van der Waals surface area contributed by atoms with E-state index in [4.69, 9.17) is 5.73 Å². The van der Waals surface area contributed by atoms with Crippen LogP contribution < -0.4 is 5.73 Å².